The molecule has 1 aromatic heterocycles. The van der Waals surface area contributed by atoms with Crippen LogP contribution >= 0.6 is 0 Å². The number of hydrogen-bond acceptors (Lipinski definition) is 8. The number of Topliss-reactive ketones (excluding diaryl/α,β-unsaturated/α-hetero) is 1. The maximum Gasteiger partial charge on any atom is 0.343 e. The van der Waals surface area contributed by atoms with Crippen molar-refractivity contribution in [2.24, 2.45) is 5.92 Å². The Kier molecular flexibility index (Phi) is 6.82. The molecule has 0 bridgehead atoms. The number of carbonyl (C=O) groups excluding carboxylic acids is 2. The molecule has 3 heterocycles. The number of fused-ring (bicyclic) bond motifs is 3. The van der Waals surface area contributed by atoms with Gasteiger partial charge < -0.3 is 28.1 Å². The van der Waals surface area contributed by atoms with Crippen molar-refractivity contribution in [3.63, 3.8) is 0 Å². The Bertz CT molecular complexity index is 1680. The smallest absolute Gasteiger partial charge is 0.343 e. The molecule has 4 aromatic rings. The average molecular weight is 567 g/mol. The molecule has 8 heteroatoms. The van der Waals surface area contributed by atoms with Crippen LogP contribution in [0.25, 0.3) is 27.9 Å². The number of hydrogen-bond donors (Lipinski definition) is 0. The summed E-state index contributed by atoms with van der Waals surface area (Å²) >= 11 is 0. The molecule has 3 aliphatic rings. The zero-order valence-electron chi connectivity index (χ0n) is 23.2. The molecule has 0 N–H and O–H groups in total. The molecule has 1 aliphatic carbocycles. The molecule has 8 nitrogen and oxygen atoms in total. The fourth-order valence-corrected chi connectivity index (χ4v) is 6.02. The molecule has 3 atom stereocenters. The summed E-state index contributed by atoms with van der Waals surface area (Å²) in [4.78, 5) is 27.3. The number of carbonyl (C=O) groups is 2. The number of benzene rings is 3. The Labute approximate surface area is 242 Å². The van der Waals surface area contributed by atoms with E-state index in [0.717, 1.165) is 11.1 Å². The molecule has 1 saturated carbocycles. The molecule has 0 saturated heterocycles. The van der Waals surface area contributed by atoms with Gasteiger partial charge in [-0.05, 0) is 55.7 Å². The SMILES string of the molecule is CCOc1ccc2oc(-c3ccccc3)c(C(=O)OC3CCC4C(=O)C(c5ccc6c(c5)OCCO6)=COC4C3)c2c1. The van der Waals surface area contributed by atoms with Crippen molar-refractivity contribution in [2.45, 2.75) is 38.4 Å². The van der Waals surface area contributed by atoms with Gasteiger partial charge in [0.15, 0.2) is 17.3 Å². The van der Waals surface area contributed by atoms with Crippen molar-refractivity contribution in [1.29, 1.82) is 0 Å². The molecule has 0 radical (unpaired) electrons. The number of ether oxygens (including phenoxy) is 5. The first-order chi connectivity index (χ1) is 20.6. The second kappa shape index (κ2) is 10.9. The van der Waals surface area contributed by atoms with Gasteiger partial charge in [-0.3, -0.25) is 4.79 Å². The predicted octanol–water partition coefficient (Wildman–Crippen LogP) is 6.60. The topological polar surface area (TPSA) is 93.4 Å². The van der Waals surface area contributed by atoms with Gasteiger partial charge in [0, 0.05) is 17.4 Å². The summed E-state index contributed by atoms with van der Waals surface area (Å²) in [6.45, 7) is 3.39. The minimum atomic E-state index is -0.473. The Morgan fingerprint density at radius 2 is 1.76 bits per heavy atom. The van der Waals surface area contributed by atoms with Crippen LogP contribution in [-0.2, 0) is 14.3 Å². The van der Waals surface area contributed by atoms with E-state index in [1.807, 2.05) is 73.7 Å². The molecule has 2 aliphatic heterocycles. The Morgan fingerprint density at radius 1 is 0.929 bits per heavy atom. The van der Waals surface area contributed by atoms with E-state index in [2.05, 4.69) is 0 Å². The van der Waals surface area contributed by atoms with Gasteiger partial charge in [-0.2, -0.15) is 0 Å². The molecule has 3 aromatic carbocycles. The maximum absolute atomic E-state index is 13.8. The first-order valence-corrected chi connectivity index (χ1v) is 14.3. The van der Waals surface area contributed by atoms with Crippen molar-refractivity contribution in [3.8, 4) is 28.6 Å². The lowest BCUT2D eigenvalue weighted by Gasteiger charge is -2.37. The van der Waals surface area contributed by atoms with E-state index in [9.17, 15) is 9.59 Å². The van der Waals surface area contributed by atoms with Gasteiger partial charge in [0.25, 0.3) is 0 Å². The summed E-state index contributed by atoms with van der Waals surface area (Å²) in [6.07, 6.45) is 2.29. The van der Waals surface area contributed by atoms with Gasteiger partial charge in [-0.15, -0.1) is 0 Å². The van der Waals surface area contributed by atoms with Gasteiger partial charge in [0.2, 0.25) is 0 Å². The molecule has 42 heavy (non-hydrogen) atoms. The zero-order chi connectivity index (χ0) is 28.6. The minimum Gasteiger partial charge on any atom is -0.496 e. The zero-order valence-corrected chi connectivity index (χ0v) is 23.2. The van der Waals surface area contributed by atoms with Crippen LogP contribution in [0.5, 0.6) is 17.2 Å². The summed E-state index contributed by atoms with van der Waals surface area (Å²) in [5.74, 6) is 1.65. The standard InChI is InChI=1S/C34H30O8/c1-2-37-22-10-13-27-25(17-22)31(33(42-27)20-6-4-3-5-7-20)34(36)41-23-9-11-24-29(18-23)40-19-26(32(24)35)21-8-12-28-30(16-21)39-15-14-38-28/h3-8,10,12-13,16-17,19,23-24,29H,2,9,11,14-15,18H2,1H3. The summed E-state index contributed by atoms with van der Waals surface area (Å²) < 4.78 is 35.3. The van der Waals surface area contributed by atoms with Crippen LogP contribution in [0.3, 0.4) is 0 Å². The Hall–Kier alpha value is -4.72. The van der Waals surface area contributed by atoms with Gasteiger partial charge in [0.05, 0.1) is 24.4 Å². The third kappa shape index (κ3) is 4.76. The lowest BCUT2D eigenvalue weighted by Crippen LogP contribution is -2.42. The normalized spacial score (nSPS) is 21.2. The summed E-state index contributed by atoms with van der Waals surface area (Å²) in [7, 11) is 0. The van der Waals surface area contributed by atoms with E-state index in [1.165, 1.54) is 6.26 Å². The summed E-state index contributed by atoms with van der Waals surface area (Å²) in [5.41, 5.74) is 2.97. The van der Waals surface area contributed by atoms with Gasteiger partial charge >= 0.3 is 5.97 Å². The van der Waals surface area contributed by atoms with Crippen LogP contribution in [0.15, 0.2) is 77.4 Å². The van der Waals surface area contributed by atoms with Crippen molar-refractivity contribution < 1.29 is 37.7 Å². The monoisotopic (exact) mass is 566 g/mol. The number of allylic oxidation sites excluding steroid dienone is 1. The van der Waals surface area contributed by atoms with E-state index in [0.29, 0.717) is 84.2 Å². The summed E-state index contributed by atoms with van der Waals surface area (Å²) in [6, 6.07) is 20.4. The fourth-order valence-electron chi connectivity index (χ4n) is 6.02. The molecule has 3 unspecified atom stereocenters. The van der Waals surface area contributed by atoms with E-state index >= 15 is 0 Å². The minimum absolute atomic E-state index is 0.0309. The van der Waals surface area contributed by atoms with Gasteiger partial charge in [-0.1, -0.05) is 36.4 Å². The van der Waals surface area contributed by atoms with Crippen LogP contribution < -0.4 is 14.2 Å². The number of ketones is 1. The van der Waals surface area contributed by atoms with Gasteiger partial charge in [-0.25, -0.2) is 4.79 Å². The lowest BCUT2D eigenvalue weighted by molar-refractivity contribution is -0.126. The molecule has 214 valence electrons. The van der Waals surface area contributed by atoms with Crippen LogP contribution in [0.4, 0.5) is 0 Å². The van der Waals surface area contributed by atoms with Crippen LogP contribution in [-0.4, -0.2) is 43.8 Å². The molecular formula is C34H30O8. The molecule has 0 spiro atoms. The van der Waals surface area contributed by atoms with Crippen molar-refractivity contribution in [2.75, 3.05) is 19.8 Å². The van der Waals surface area contributed by atoms with E-state index in [4.69, 9.17) is 28.1 Å². The van der Waals surface area contributed by atoms with Gasteiger partial charge in [0.1, 0.15) is 48.1 Å². The van der Waals surface area contributed by atoms with E-state index in [1.54, 1.807) is 0 Å². The highest BCUT2D eigenvalue weighted by molar-refractivity contribution is 6.22. The van der Waals surface area contributed by atoms with Crippen molar-refractivity contribution in [1.82, 2.24) is 0 Å². The van der Waals surface area contributed by atoms with Crippen LogP contribution in [0, 0.1) is 5.92 Å². The highest BCUT2D eigenvalue weighted by Crippen LogP contribution is 2.41. The molecular weight excluding hydrogens is 536 g/mol. The number of furan rings is 1. The Balaban J connectivity index is 1.12. The quantitative estimate of drug-likeness (QED) is 0.241. The van der Waals surface area contributed by atoms with E-state index < -0.39 is 12.1 Å². The number of esters is 1. The second-order valence-corrected chi connectivity index (χ2v) is 10.6. The van der Waals surface area contributed by atoms with Crippen LogP contribution in [0.2, 0.25) is 0 Å². The van der Waals surface area contributed by atoms with E-state index in [-0.39, 0.29) is 17.8 Å². The maximum atomic E-state index is 13.8. The highest BCUT2D eigenvalue weighted by atomic mass is 16.6. The molecule has 1 fully saturated rings. The summed E-state index contributed by atoms with van der Waals surface area (Å²) in [5, 5.41) is 0.634. The molecule has 7 rings (SSSR count). The lowest BCUT2D eigenvalue weighted by atomic mass is 9.78. The average Bonchev–Trinajstić information content (AvgIpc) is 3.41. The fraction of sp³-hybridized carbons (Fsp3) is 0.294. The second-order valence-electron chi connectivity index (χ2n) is 10.6. The van der Waals surface area contributed by atoms with Crippen molar-refractivity contribution >= 4 is 28.3 Å². The molecule has 0 amide bonds. The van der Waals surface area contributed by atoms with Crippen molar-refractivity contribution in [3.05, 3.63) is 84.1 Å². The third-order valence-corrected chi connectivity index (χ3v) is 8.04. The highest BCUT2D eigenvalue weighted by Gasteiger charge is 2.42. The predicted molar refractivity (Wildman–Crippen MR) is 155 cm³/mol. The Morgan fingerprint density at radius 3 is 2.60 bits per heavy atom. The largest absolute Gasteiger partial charge is 0.496 e. The van der Waals surface area contributed by atoms with Crippen LogP contribution in [0.1, 0.15) is 42.1 Å². The first-order valence-electron chi connectivity index (χ1n) is 14.3. The number of rotatable bonds is 6. The third-order valence-electron chi connectivity index (χ3n) is 8.04. The first kappa shape index (κ1) is 26.2.